The van der Waals surface area contributed by atoms with E-state index in [4.69, 9.17) is 0 Å². The van der Waals surface area contributed by atoms with Gasteiger partial charge in [-0.05, 0) is 50.2 Å². The molecule has 0 aliphatic rings. The standard InChI is InChI=1S/C24H21F2N5O5/c1-13-8-17(14(2)30(13)15-4-6-16(7-5-15)36-24(25)26)22(32)11-29-12-28-19-10-20(27-3)21(31(34)35)9-18(19)23(29)33/h4-10,12,24,27H,11H2,1-3H3. The lowest BCUT2D eigenvalue weighted by atomic mass is 10.1. The van der Waals surface area contributed by atoms with Crippen molar-refractivity contribution in [1.29, 1.82) is 0 Å². The number of alkyl halides is 2. The zero-order valence-electron chi connectivity index (χ0n) is 19.5. The van der Waals surface area contributed by atoms with Gasteiger partial charge in [-0.1, -0.05) is 0 Å². The molecule has 0 radical (unpaired) electrons. The van der Waals surface area contributed by atoms with Crippen LogP contribution in [0, 0.1) is 24.0 Å². The van der Waals surface area contributed by atoms with Gasteiger partial charge in [0.1, 0.15) is 11.4 Å². The summed E-state index contributed by atoms with van der Waals surface area (Å²) in [6, 6.07) is 10.2. The van der Waals surface area contributed by atoms with Gasteiger partial charge in [0.2, 0.25) is 0 Å². The van der Waals surface area contributed by atoms with Crippen molar-refractivity contribution in [3.8, 4) is 11.4 Å². The summed E-state index contributed by atoms with van der Waals surface area (Å²) in [6.07, 6.45) is 1.23. The van der Waals surface area contributed by atoms with E-state index >= 15 is 0 Å². The van der Waals surface area contributed by atoms with E-state index in [9.17, 15) is 28.5 Å². The molecule has 0 spiro atoms. The third kappa shape index (κ3) is 4.52. The lowest BCUT2D eigenvalue weighted by Crippen LogP contribution is -2.25. The first-order chi connectivity index (χ1) is 17.1. The van der Waals surface area contributed by atoms with E-state index in [2.05, 4.69) is 15.0 Å². The Kier molecular flexibility index (Phi) is 6.51. The van der Waals surface area contributed by atoms with Crippen LogP contribution in [-0.2, 0) is 6.54 Å². The molecule has 0 bridgehead atoms. The zero-order chi connectivity index (χ0) is 26.1. The summed E-state index contributed by atoms with van der Waals surface area (Å²) in [5.41, 5.74) is 1.94. The van der Waals surface area contributed by atoms with E-state index < -0.39 is 17.1 Å². The van der Waals surface area contributed by atoms with Crippen LogP contribution in [0.1, 0.15) is 21.7 Å². The number of hydrogen-bond acceptors (Lipinski definition) is 7. The molecule has 0 fully saturated rings. The van der Waals surface area contributed by atoms with Crippen molar-refractivity contribution >= 4 is 28.1 Å². The van der Waals surface area contributed by atoms with Gasteiger partial charge >= 0.3 is 6.61 Å². The summed E-state index contributed by atoms with van der Waals surface area (Å²) in [6.45, 7) is 0.262. The van der Waals surface area contributed by atoms with Crippen molar-refractivity contribution in [2.45, 2.75) is 27.0 Å². The third-order valence-corrected chi connectivity index (χ3v) is 5.77. The SMILES string of the molecule is CNc1cc2ncn(CC(=O)c3cc(C)n(-c4ccc(OC(F)F)cc4)c3C)c(=O)c2cc1[N+](=O)[O-]. The minimum Gasteiger partial charge on any atom is -0.435 e. The number of halogens is 2. The van der Waals surface area contributed by atoms with E-state index in [0.29, 0.717) is 16.9 Å². The monoisotopic (exact) mass is 497 g/mol. The topological polar surface area (TPSA) is 121 Å². The summed E-state index contributed by atoms with van der Waals surface area (Å²) >= 11 is 0. The Bertz CT molecular complexity index is 1540. The van der Waals surface area contributed by atoms with Crippen LogP contribution >= 0.6 is 0 Å². The highest BCUT2D eigenvalue weighted by Gasteiger charge is 2.20. The first kappa shape index (κ1) is 24.5. The molecule has 2 heterocycles. The number of aryl methyl sites for hydroxylation is 1. The number of aromatic nitrogens is 3. The van der Waals surface area contributed by atoms with E-state index in [1.807, 2.05) is 0 Å². The number of carbonyl (C=O) groups is 1. The fourth-order valence-electron chi connectivity index (χ4n) is 4.12. The second kappa shape index (κ2) is 9.56. The van der Waals surface area contributed by atoms with Crippen LogP contribution in [0.2, 0.25) is 0 Å². The molecule has 0 amide bonds. The van der Waals surface area contributed by atoms with Crippen LogP contribution in [-0.4, -0.2) is 38.5 Å². The number of rotatable bonds is 8. The van der Waals surface area contributed by atoms with Gasteiger partial charge in [-0.3, -0.25) is 24.3 Å². The number of anilines is 1. The van der Waals surface area contributed by atoms with E-state index in [0.717, 1.165) is 16.3 Å². The van der Waals surface area contributed by atoms with E-state index in [1.165, 1.54) is 31.6 Å². The number of carbonyl (C=O) groups excluding carboxylic acids is 1. The maximum Gasteiger partial charge on any atom is 0.387 e. The molecule has 0 saturated heterocycles. The van der Waals surface area contributed by atoms with Gasteiger partial charge in [0.05, 0.1) is 28.7 Å². The molecule has 2 aromatic heterocycles. The Labute approximate surface area is 202 Å². The molecule has 0 saturated carbocycles. The summed E-state index contributed by atoms with van der Waals surface area (Å²) in [4.78, 5) is 41.1. The average Bonchev–Trinajstić information content (AvgIpc) is 3.14. The predicted molar refractivity (Wildman–Crippen MR) is 128 cm³/mol. The Hall–Kier alpha value is -4.61. The van der Waals surface area contributed by atoms with Crippen molar-refractivity contribution < 1.29 is 23.2 Å². The van der Waals surface area contributed by atoms with Crippen molar-refractivity contribution in [2.24, 2.45) is 0 Å². The first-order valence-corrected chi connectivity index (χ1v) is 10.7. The summed E-state index contributed by atoms with van der Waals surface area (Å²) < 4.78 is 32.1. The second-order valence-electron chi connectivity index (χ2n) is 7.99. The number of nitro benzene ring substituents is 1. The lowest BCUT2D eigenvalue weighted by Gasteiger charge is -2.11. The quantitative estimate of drug-likeness (QED) is 0.220. The van der Waals surface area contributed by atoms with E-state index in [1.54, 1.807) is 36.6 Å². The Morgan fingerprint density at radius 2 is 1.89 bits per heavy atom. The van der Waals surface area contributed by atoms with Gasteiger partial charge in [0, 0.05) is 35.8 Å². The number of ether oxygens (including phenoxy) is 1. The number of benzene rings is 2. The maximum absolute atomic E-state index is 13.1. The highest BCUT2D eigenvalue weighted by Crippen LogP contribution is 2.28. The van der Waals surface area contributed by atoms with Crippen molar-refractivity contribution in [3.05, 3.63) is 86.2 Å². The number of ketones is 1. The van der Waals surface area contributed by atoms with Gasteiger partial charge in [-0.15, -0.1) is 0 Å². The van der Waals surface area contributed by atoms with Crippen LogP contribution in [0.25, 0.3) is 16.6 Å². The smallest absolute Gasteiger partial charge is 0.387 e. The van der Waals surface area contributed by atoms with E-state index in [-0.39, 0.29) is 40.4 Å². The predicted octanol–water partition coefficient (Wildman–Crippen LogP) is 4.24. The fraction of sp³-hybridized carbons (Fsp3) is 0.208. The molecule has 0 aliphatic carbocycles. The summed E-state index contributed by atoms with van der Waals surface area (Å²) in [7, 11) is 1.52. The Morgan fingerprint density at radius 1 is 1.19 bits per heavy atom. The van der Waals surface area contributed by atoms with Crippen LogP contribution in [0.4, 0.5) is 20.2 Å². The number of nitrogens with one attached hydrogen (secondary N) is 1. The van der Waals surface area contributed by atoms with Gasteiger partial charge in [0.15, 0.2) is 5.78 Å². The van der Waals surface area contributed by atoms with Crippen LogP contribution in [0.15, 0.2) is 53.6 Å². The highest BCUT2D eigenvalue weighted by molar-refractivity contribution is 5.97. The summed E-state index contributed by atoms with van der Waals surface area (Å²) in [5.74, 6) is -0.352. The summed E-state index contributed by atoms with van der Waals surface area (Å²) in [5, 5.41) is 14.1. The van der Waals surface area contributed by atoms with Crippen LogP contribution < -0.4 is 15.6 Å². The van der Waals surface area contributed by atoms with Crippen molar-refractivity contribution in [2.75, 3.05) is 12.4 Å². The van der Waals surface area contributed by atoms with Crippen LogP contribution in [0.3, 0.4) is 0 Å². The number of nitrogens with zero attached hydrogens (tertiary/aromatic N) is 4. The van der Waals surface area contributed by atoms with Crippen molar-refractivity contribution in [1.82, 2.24) is 14.1 Å². The fourth-order valence-corrected chi connectivity index (χ4v) is 4.12. The molecule has 2 aromatic carbocycles. The molecule has 0 atom stereocenters. The molecule has 0 unspecified atom stereocenters. The van der Waals surface area contributed by atoms with Gasteiger partial charge in [0.25, 0.3) is 11.2 Å². The number of fused-ring (bicyclic) bond motifs is 1. The Morgan fingerprint density at radius 3 is 2.50 bits per heavy atom. The molecule has 12 heteroatoms. The minimum atomic E-state index is -2.93. The molecule has 36 heavy (non-hydrogen) atoms. The number of nitro groups is 1. The molecule has 4 aromatic rings. The number of hydrogen-bond donors (Lipinski definition) is 1. The molecular formula is C24H21F2N5O5. The minimum absolute atomic E-state index is 0.0118. The zero-order valence-corrected chi connectivity index (χ0v) is 19.5. The third-order valence-electron chi connectivity index (χ3n) is 5.77. The molecule has 186 valence electrons. The van der Waals surface area contributed by atoms with Gasteiger partial charge in [-0.25, -0.2) is 4.98 Å². The molecule has 0 aliphatic heterocycles. The lowest BCUT2D eigenvalue weighted by molar-refractivity contribution is -0.383. The number of Topliss-reactive ketones (excluding diaryl/α,β-unsaturated/α-hetero) is 1. The highest BCUT2D eigenvalue weighted by atomic mass is 19.3. The molecule has 1 N–H and O–H groups in total. The molecular weight excluding hydrogens is 476 g/mol. The van der Waals surface area contributed by atoms with Crippen LogP contribution in [0.5, 0.6) is 5.75 Å². The van der Waals surface area contributed by atoms with Gasteiger partial charge in [-0.2, -0.15) is 8.78 Å². The Balaban J connectivity index is 1.66. The first-order valence-electron chi connectivity index (χ1n) is 10.7. The largest absolute Gasteiger partial charge is 0.435 e. The van der Waals surface area contributed by atoms with Gasteiger partial charge < -0.3 is 14.6 Å². The molecule has 4 rings (SSSR count). The average molecular weight is 497 g/mol. The molecule has 10 nitrogen and oxygen atoms in total. The van der Waals surface area contributed by atoms with Crippen molar-refractivity contribution in [3.63, 3.8) is 0 Å². The second-order valence-corrected chi connectivity index (χ2v) is 7.99. The normalized spacial score (nSPS) is 11.2. The maximum atomic E-state index is 13.1.